The molecule has 0 spiro atoms. The van der Waals surface area contributed by atoms with Gasteiger partial charge < -0.3 is 27.2 Å². The van der Waals surface area contributed by atoms with Gasteiger partial charge in [-0.1, -0.05) is 0 Å². The summed E-state index contributed by atoms with van der Waals surface area (Å²) in [6, 6.07) is -2.28. The van der Waals surface area contributed by atoms with Crippen molar-refractivity contribution in [3.63, 3.8) is 0 Å². The average Bonchev–Trinajstić information content (AvgIpc) is 2.30. The Balaban J connectivity index is 4.55. The molecule has 7 N–H and O–H groups in total. The van der Waals surface area contributed by atoms with Crippen LogP contribution in [-0.4, -0.2) is 47.4 Å². The lowest BCUT2D eigenvalue weighted by atomic mass is 10.1. The molecule has 1 unspecified atom stereocenters. The first kappa shape index (κ1) is 16.8. The summed E-state index contributed by atoms with van der Waals surface area (Å²) in [5, 5.41) is 13.4. The summed E-state index contributed by atoms with van der Waals surface area (Å²) >= 11 is 0. The fourth-order valence-electron chi connectivity index (χ4n) is 1.28. The first-order valence-electron chi connectivity index (χ1n) is 5.53. The highest BCUT2D eigenvalue weighted by Crippen LogP contribution is 1.97. The number of aliphatic hydroxyl groups excluding tert-OH is 1. The predicted molar refractivity (Wildman–Crippen MR) is 64.2 cm³/mol. The second-order valence-corrected chi connectivity index (χ2v) is 3.90. The minimum atomic E-state index is -1.19. The molecular formula is C10H18N4O5. The Hall–Kier alpha value is -2.16. The molecule has 0 heterocycles. The van der Waals surface area contributed by atoms with Crippen molar-refractivity contribution in [2.24, 2.45) is 11.5 Å². The summed E-state index contributed by atoms with van der Waals surface area (Å²) in [7, 11) is 0. The van der Waals surface area contributed by atoms with Crippen LogP contribution in [-0.2, 0) is 19.2 Å². The molecule has 4 amide bonds. The van der Waals surface area contributed by atoms with Crippen LogP contribution in [0.15, 0.2) is 0 Å². The molecule has 0 rings (SSSR count). The molecule has 0 aliphatic rings. The lowest BCUT2D eigenvalue weighted by Gasteiger charge is -2.19. The summed E-state index contributed by atoms with van der Waals surface area (Å²) in [6.07, 6.45) is -0.174. The summed E-state index contributed by atoms with van der Waals surface area (Å²) < 4.78 is 0. The first-order chi connectivity index (χ1) is 8.77. The van der Waals surface area contributed by atoms with Gasteiger partial charge in [0.15, 0.2) is 0 Å². The van der Waals surface area contributed by atoms with E-state index in [9.17, 15) is 19.2 Å². The van der Waals surface area contributed by atoms with Crippen LogP contribution in [0.5, 0.6) is 0 Å². The largest absolute Gasteiger partial charge is 0.394 e. The maximum absolute atomic E-state index is 11.7. The maximum Gasteiger partial charge on any atom is 0.245 e. The van der Waals surface area contributed by atoms with E-state index in [4.69, 9.17) is 16.6 Å². The van der Waals surface area contributed by atoms with E-state index in [-0.39, 0.29) is 12.8 Å². The van der Waals surface area contributed by atoms with Crippen molar-refractivity contribution >= 4 is 23.6 Å². The minimum Gasteiger partial charge on any atom is -0.394 e. The van der Waals surface area contributed by atoms with Gasteiger partial charge in [-0.2, -0.15) is 0 Å². The van der Waals surface area contributed by atoms with Crippen molar-refractivity contribution in [2.45, 2.75) is 31.8 Å². The second-order valence-electron chi connectivity index (χ2n) is 3.90. The summed E-state index contributed by atoms with van der Waals surface area (Å²) in [5.74, 6) is -2.76. The van der Waals surface area contributed by atoms with E-state index in [1.807, 2.05) is 0 Å². The third kappa shape index (κ3) is 6.99. The van der Waals surface area contributed by atoms with Crippen molar-refractivity contribution in [1.82, 2.24) is 10.6 Å². The molecule has 0 aliphatic heterocycles. The lowest BCUT2D eigenvalue weighted by Crippen LogP contribution is -2.54. The van der Waals surface area contributed by atoms with Gasteiger partial charge in [-0.05, 0) is 6.42 Å². The van der Waals surface area contributed by atoms with Crippen molar-refractivity contribution in [2.75, 3.05) is 6.61 Å². The fourth-order valence-corrected chi connectivity index (χ4v) is 1.28. The van der Waals surface area contributed by atoms with Crippen molar-refractivity contribution in [3.8, 4) is 0 Å². The molecule has 108 valence electrons. The van der Waals surface area contributed by atoms with Gasteiger partial charge >= 0.3 is 0 Å². The molecule has 9 nitrogen and oxygen atoms in total. The number of carbonyl (C=O) groups excluding carboxylic acids is 4. The highest BCUT2D eigenvalue weighted by molar-refractivity contribution is 5.91. The molecule has 0 aromatic rings. The standard InChI is InChI=1S/C10H18N4O5/c1-5(16)13-7(4-15)10(19)14-6(9(12)18)2-3-8(11)17/h6-7,15H,2-4H2,1H3,(H2,11,17)(H2,12,18)(H,13,16)(H,14,19)/t6?,7-/m0/s1. The van der Waals surface area contributed by atoms with Crippen LogP contribution in [0.4, 0.5) is 0 Å². The number of nitrogens with two attached hydrogens (primary N) is 2. The number of hydrogen-bond acceptors (Lipinski definition) is 5. The zero-order valence-corrected chi connectivity index (χ0v) is 10.5. The summed E-state index contributed by atoms with van der Waals surface area (Å²) in [6.45, 7) is 0.543. The quantitative estimate of drug-likeness (QED) is 0.312. The van der Waals surface area contributed by atoms with Crippen LogP contribution in [0.3, 0.4) is 0 Å². The molecule has 0 bridgehead atoms. The van der Waals surface area contributed by atoms with Crippen LogP contribution in [0.25, 0.3) is 0 Å². The van der Waals surface area contributed by atoms with E-state index in [1.54, 1.807) is 0 Å². The van der Waals surface area contributed by atoms with E-state index in [2.05, 4.69) is 10.6 Å². The highest BCUT2D eigenvalue weighted by atomic mass is 16.3. The molecule has 0 aromatic heterocycles. The molecule has 2 atom stereocenters. The van der Waals surface area contributed by atoms with E-state index in [0.717, 1.165) is 0 Å². The van der Waals surface area contributed by atoms with Gasteiger partial charge in [0.1, 0.15) is 12.1 Å². The third-order valence-electron chi connectivity index (χ3n) is 2.22. The Morgan fingerprint density at radius 2 is 1.68 bits per heavy atom. The van der Waals surface area contributed by atoms with Crippen molar-refractivity contribution in [3.05, 3.63) is 0 Å². The molecule has 0 radical (unpaired) electrons. The summed E-state index contributed by atoms with van der Waals surface area (Å²) in [5.41, 5.74) is 9.98. The molecule has 0 fully saturated rings. The number of hydrogen-bond donors (Lipinski definition) is 5. The molecule has 0 aromatic carbocycles. The van der Waals surface area contributed by atoms with Gasteiger partial charge in [-0.25, -0.2) is 0 Å². The first-order valence-corrected chi connectivity index (χ1v) is 5.53. The van der Waals surface area contributed by atoms with E-state index in [1.165, 1.54) is 6.92 Å². The van der Waals surface area contributed by atoms with E-state index in [0.29, 0.717) is 0 Å². The Bertz CT molecular complexity index is 371. The Morgan fingerprint density at radius 3 is 2.05 bits per heavy atom. The number of amides is 4. The zero-order valence-electron chi connectivity index (χ0n) is 10.5. The van der Waals surface area contributed by atoms with Crippen LogP contribution in [0, 0.1) is 0 Å². The van der Waals surface area contributed by atoms with E-state index < -0.39 is 42.3 Å². The van der Waals surface area contributed by atoms with Crippen molar-refractivity contribution in [1.29, 1.82) is 0 Å². The maximum atomic E-state index is 11.7. The van der Waals surface area contributed by atoms with Crippen LogP contribution >= 0.6 is 0 Å². The molecule has 0 saturated heterocycles. The van der Waals surface area contributed by atoms with Gasteiger partial charge in [-0.15, -0.1) is 0 Å². The van der Waals surface area contributed by atoms with Gasteiger partial charge in [0, 0.05) is 13.3 Å². The average molecular weight is 274 g/mol. The topological polar surface area (TPSA) is 165 Å². The predicted octanol–water partition coefficient (Wildman–Crippen LogP) is -3.28. The Kier molecular flexibility index (Phi) is 7.12. The van der Waals surface area contributed by atoms with Crippen LogP contribution < -0.4 is 22.1 Å². The fraction of sp³-hybridized carbons (Fsp3) is 0.600. The second kappa shape index (κ2) is 8.03. The van der Waals surface area contributed by atoms with Crippen LogP contribution in [0.2, 0.25) is 0 Å². The number of carbonyl (C=O) groups is 4. The van der Waals surface area contributed by atoms with Gasteiger partial charge in [0.25, 0.3) is 0 Å². The molecule has 0 aliphatic carbocycles. The summed E-state index contributed by atoms with van der Waals surface area (Å²) in [4.78, 5) is 44.2. The monoisotopic (exact) mass is 274 g/mol. The SMILES string of the molecule is CC(=O)N[C@@H](CO)C(=O)NC(CCC(N)=O)C(N)=O. The van der Waals surface area contributed by atoms with Crippen LogP contribution in [0.1, 0.15) is 19.8 Å². The number of rotatable bonds is 8. The van der Waals surface area contributed by atoms with Crippen molar-refractivity contribution < 1.29 is 24.3 Å². The lowest BCUT2D eigenvalue weighted by molar-refractivity contribution is -0.132. The highest BCUT2D eigenvalue weighted by Gasteiger charge is 2.24. The molecule has 9 heteroatoms. The molecule has 0 saturated carbocycles. The van der Waals surface area contributed by atoms with Gasteiger partial charge in [0.05, 0.1) is 6.61 Å². The molecular weight excluding hydrogens is 256 g/mol. The van der Waals surface area contributed by atoms with Gasteiger partial charge in [0.2, 0.25) is 23.6 Å². The number of nitrogens with one attached hydrogen (secondary N) is 2. The normalized spacial score (nSPS) is 13.2. The number of primary amides is 2. The number of aliphatic hydroxyl groups is 1. The van der Waals surface area contributed by atoms with Gasteiger partial charge in [-0.3, -0.25) is 19.2 Å². The Morgan fingerprint density at radius 1 is 1.11 bits per heavy atom. The smallest absolute Gasteiger partial charge is 0.245 e. The zero-order chi connectivity index (χ0) is 15.0. The molecule has 19 heavy (non-hydrogen) atoms. The minimum absolute atomic E-state index is 0.0470. The van der Waals surface area contributed by atoms with E-state index >= 15 is 0 Å². The third-order valence-corrected chi connectivity index (χ3v) is 2.22. The Labute approximate surface area is 109 Å².